The molecular weight excluding hydrogens is 398 g/mol. The zero-order chi connectivity index (χ0) is 20.1. The number of nitrogens with two attached hydrogens (primary N) is 1. The first-order valence-corrected chi connectivity index (χ1v) is 10.1. The first kappa shape index (κ1) is 19.7. The Bertz CT molecular complexity index is 1010. The summed E-state index contributed by atoms with van der Waals surface area (Å²) in [6, 6.07) is 9.46. The highest BCUT2D eigenvalue weighted by molar-refractivity contribution is 7.14. The molecule has 0 saturated heterocycles. The van der Waals surface area contributed by atoms with E-state index < -0.39 is 24.4 Å². The molecule has 7 nitrogen and oxygen atoms in total. The van der Waals surface area contributed by atoms with Crippen LogP contribution in [0.25, 0.3) is 10.6 Å². The van der Waals surface area contributed by atoms with E-state index in [0.29, 0.717) is 10.0 Å². The van der Waals surface area contributed by atoms with Crippen LogP contribution in [0.4, 0.5) is 5.00 Å². The maximum absolute atomic E-state index is 12.1. The lowest BCUT2D eigenvalue weighted by Gasteiger charge is -2.05. The van der Waals surface area contributed by atoms with Crippen LogP contribution in [-0.4, -0.2) is 29.4 Å². The van der Waals surface area contributed by atoms with E-state index in [1.165, 1.54) is 23.0 Å². The number of carbonyl (C=O) groups is 3. The first-order valence-electron chi connectivity index (χ1n) is 8.37. The number of benzene rings is 1. The molecule has 0 aliphatic rings. The summed E-state index contributed by atoms with van der Waals surface area (Å²) >= 11 is 2.48. The fourth-order valence-electron chi connectivity index (χ4n) is 2.35. The molecule has 3 rings (SSSR count). The van der Waals surface area contributed by atoms with Crippen LogP contribution >= 0.6 is 22.7 Å². The summed E-state index contributed by atoms with van der Waals surface area (Å²) in [4.78, 5) is 39.6. The molecule has 0 aliphatic heterocycles. The minimum atomic E-state index is -0.691. The second kappa shape index (κ2) is 8.77. The summed E-state index contributed by atoms with van der Waals surface area (Å²) in [6.07, 6.45) is 0.949. The number of carbonyl (C=O) groups excluding carboxylic acids is 3. The average Bonchev–Trinajstić information content (AvgIpc) is 3.36. The molecule has 0 aliphatic carbocycles. The van der Waals surface area contributed by atoms with E-state index >= 15 is 0 Å². The Hall–Kier alpha value is -3.04. The Morgan fingerprint density at radius 2 is 1.89 bits per heavy atom. The van der Waals surface area contributed by atoms with Gasteiger partial charge < -0.3 is 15.8 Å². The molecule has 0 unspecified atom stereocenters. The van der Waals surface area contributed by atoms with E-state index in [1.54, 1.807) is 10.8 Å². The summed E-state index contributed by atoms with van der Waals surface area (Å²) in [6.45, 7) is 1.59. The number of amides is 2. The number of nitrogens with one attached hydrogen (secondary N) is 1. The summed E-state index contributed by atoms with van der Waals surface area (Å²) in [5.74, 6) is -1.90. The summed E-state index contributed by atoms with van der Waals surface area (Å²) in [7, 11) is 0. The Labute approximate surface area is 169 Å². The van der Waals surface area contributed by atoms with E-state index in [2.05, 4.69) is 17.2 Å². The summed E-state index contributed by atoms with van der Waals surface area (Å²) < 4.78 is 5.01. The highest BCUT2D eigenvalue weighted by Gasteiger charge is 2.17. The van der Waals surface area contributed by atoms with E-state index in [4.69, 9.17) is 10.5 Å². The molecule has 9 heteroatoms. The second-order valence-electron chi connectivity index (χ2n) is 5.74. The van der Waals surface area contributed by atoms with Gasteiger partial charge in [0.05, 0.1) is 5.56 Å². The fraction of sp³-hybridized carbons (Fsp3) is 0.158. The number of aryl methyl sites for hydroxylation is 1. The van der Waals surface area contributed by atoms with Crippen LogP contribution in [0, 0.1) is 0 Å². The number of ether oxygens (including phenoxy) is 1. The van der Waals surface area contributed by atoms with Crippen LogP contribution in [0.2, 0.25) is 0 Å². The number of esters is 1. The number of thiophene rings is 1. The minimum Gasteiger partial charge on any atom is -0.451 e. The SMILES string of the molecule is CCc1ccc(-c2nc(C(=O)OCC(=O)Nc3sccc3C(N)=O)cs2)cc1. The van der Waals surface area contributed by atoms with Crippen molar-refractivity contribution in [3.8, 4) is 10.6 Å². The molecule has 0 radical (unpaired) electrons. The van der Waals surface area contributed by atoms with Crippen molar-refractivity contribution in [2.45, 2.75) is 13.3 Å². The summed E-state index contributed by atoms with van der Waals surface area (Å²) in [5.41, 5.74) is 7.71. The molecule has 3 N–H and O–H groups in total. The lowest BCUT2D eigenvalue weighted by Crippen LogP contribution is -2.22. The fourth-order valence-corrected chi connectivity index (χ4v) is 3.95. The molecule has 3 aromatic rings. The molecule has 0 bridgehead atoms. The number of anilines is 1. The number of rotatable bonds is 7. The van der Waals surface area contributed by atoms with Crippen molar-refractivity contribution in [3.63, 3.8) is 0 Å². The number of nitrogens with zero attached hydrogens (tertiary/aromatic N) is 1. The summed E-state index contributed by atoms with van der Waals surface area (Å²) in [5, 5.41) is 6.74. The van der Waals surface area contributed by atoms with Crippen molar-refractivity contribution in [1.82, 2.24) is 4.98 Å². The predicted molar refractivity (Wildman–Crippen MR) is 109 cm³/mol. The Kier molecular flexibility index (Phi) is 6.17. The Balaban J connectivity index is 1.57. The van der Waals surface area contributed by atoms with Crippen molar-refractivity contribution in [1.29, 1.82) is 0 Å². The number of hydrogen-bond acceptors (Lipinski definition) is 7. The van der Waals surface area contributed by atoms with Gasteiger partial charge in [-0.3, -0.25) is 9.59 Å². The van der Waals surface area contributed by atoms with Gasteiger partial charge in [0.25, 0.3) is 11.8 Å². The van der Waals surface area contributed by atoms with Gasteiger partial charge >= 0.3 is 5.97 Å². The number of aromatic nitrogens is 1. The zero-order valence-corrected chi connectivity index (χ0v) is 16.6. The number of primary amides is 1. The van der Waals surface area contributed by atoms with Crippen molar-refractivity contribution in [2.75, 3.05) is 11.9 Å². The van der Waals surface area contributed by atoms with Crippen molar-refractivity contribution in [2.24, 2.45) is 5.73 Å². The normalized spacial score (nSPS) is 10.5. The highest BCUT2D eigenvalue weighted by Crippen LogP contribution is 2.25. The molecule has 0 atom stereocenters. The molecule has 2 amide bonds. The molecule has 1 aromatic carbocycles. The quantitative estimate of drug-likeness (QED) is 0.575. The third-order valence-corrected chi connectivity index (χ3v) is 5.56. The van der Waals surface area contributed by atoms with Crippen LogP contribution in [0.15, 0.2) is 41.1 Å². The standard InChI is InChI=1S/C19H17N3O4S2/c1-2-11-3-5-12(6-4-11)17-21-14(10-28-17)19(25)26-9-15(23)22-18-13(16(20)24)7-8-27-18/h3-8,10H,2,9H2,1H3,(H2,20,24)(H,22,23). The van der Waals surface area contributed by atoms with Crippen LogP contribution in [0.5, 0.6) is 0 Å². The smallest absolute Gasteiger partial charge is 0.358 e. The first-order chi connectivity index (χ1) is 13.5. The van der Waals surface area contributed by atoms with Crippen molar-refractivity contribution < 1.29 is 19.1 Å². The van der Waals surface area contributed by atoms with Crippen LogP contribution in [0.1, 0.15) is 33.3 Å². The Morgan fingerprint density at radius 1 is 1.14 bits per heavy atom. The van der Waals surface area contributed by atoms with Gasteiger partial charge in [0.1, 0.15) is 10.0 Å². The molecule has 144 valence electrons. The molecule has 0 saturated carbocycles. The molecule has 0 fully saturated rings. The highest BCUT2D eigenvalue weighted by atomic mass is 32.1. The molecule has 0 spiro atoms. The third-order valence-electron chi connectivity index (χ3n) is 3.84. The van der Waals surface area contributed by atoms with E-state index in [9.17, 15) is 14.4 Å². The van der Waals surface area contributed by atoms with Gasteiger partial charge in [0.15, 0.2) is 12.3 Å². The minimum absolute atomic E-state index is 0.140. The number of thiazole rings is 1. The van der Waals surface area contributed by atoms with Gasteiger partial charge in [-0.25, -0.2) is 9.78 Å². The van der Waals surface area contributed by atoms with Gasteiger partial charge in [0, 0.05) is 10.9 Å². The maximum Gasteiger partial charge on any atom is 0.358 e. The monoisotopic (exact) mass is 415 g/mol. The zero-order valence-electron chi connectivity index (χ0n) is 14.9. The van der Waals surface area contributed by atoms with Crippen molar-refractivity contribution in [3.05, 3.63) is 57.9 Å². The molecule has 28 heavy (non-hydrogen) atoms. The average molecular weight is 415 g/mol. The topological polar surface area (TPSA) is 111 Å². The van der Waals surface area contributed by atoms with Crippen molar-refractivity contribution >= 4 is 45.5 Å². The van der Waals surface area contributed by atoms with E-state index in [-0.39, 0.29) is 11.3 Å². The van der Waals surface area contributed by atoms with Gasteiger partial charge in [0.2, 0.25) is 0 Å². The molecule has 2 heterocycles. The second-order valence-corrected chi connectivity index (χ2v) is 7.51. The van der Waals surface area contributed by atoms with E-state index in [0.717, 1.165) is 23.3 Å². The third kappa shape index (κ3) is 4.62. The predicted octanol–water partition coefficient (Wildman–Crippen LogP) is 3.33. The lowest BCUT2D eigenvalue weighted by molar-refractivity contribution is -0.119. The van der Waals surface area contributed by atoms with Gasteiger partial charge in [-0.05, 0) is 23.4 Å². The van der Waals surface area contributed by atoms with E-state index in [1.807, 2.05) is 24.3 Å². The molecule has 2 aromatic heterocycles. The van der Waals surface area contributed by atoms with Crippen LogP contribution < -0.4 is 11.1 Å². The van der Waals surface area contributed by atoms with Gasteiger partial charge in [-0.1, -0.05) is 31.2 Å². The molecular formula is C19H17N3O4S2. The van der Waals surface area contributed by atoms with Gasteiger partial charge in [-0.15, -0.1) is 22.7 Å². The van der Waals surface area contributed by atoms with Gasteiger partial charge in [-0.2, -0.15) is 0 Å². The number of hydrogen-bond donors (Lipinski definition) is 2. The maximum atomic E-state index is 12.1. The van der Waals surface area contributed by atoms with Crippen LogP contribution in [0.3, 0.4) is 0 Å². The largest absolute Gasteiger partial charge is 0.451 e. The lowest BCUT2D eigenvalue weighted by atomic mass is 10.1. The Morgan fingerprint density at radius 3 is 2.57 bits per heavy atom. The van der Waals surface area contributed by atoms with Crippen LogP contribution in [-0.2, 0) is 16.0 Å².